The first-order chi connectivity index (χ1) is 13.4. The molecule has 0 aromatic carbocycles. The predicted octanol–water partition coefficient (Wildman–Crippen LogP) is 3.52. The molecule has 0 saturated carbocycles. The van der Waals surface area contributed by atoms with E-state index < -0.39 is 5.54 Å². The summed E-state index contributed by atoms with van der Waals surface area (Å²) in [6.07, 6.45) is 8.88. The largest absolute Gasteiger partial charge is 0.344 e. The van der Waals surface area contributed by atoms with Crippen LogP contribution in [0.25, 0.3) is 21.6 Å². The van der Waals surface area contributed by atoms with Crippen molar-refractivity contribution in [3.63, 3.8) is 0 Å². The lowest BCUT2D eigenvalue weighted by Crippen LogP contribution is -2.58. The summed E-state index contributed by atoms with van der Waals surface area (Å²) in [7, 11) is 1.59. The van der Waals surface area contributed by atoms with Gasteiger partial charge in [-0.2, -0.15) is 0 Å². The number of guanidine groups is 1. The number of rotatable bonds is 3. The summed E-state index contributed by atoms with van der Waals surface area (Å²) < 4.78 is 0. The minimum Gasteiger partial charge on any atom is -0.344 e. The van der Waals surface area contributed by atoms with Gasteiger partial charge in [0.15, 0.2) is 5.96 Å². The number of aromatic nitrogens is 3. The maximum Gasteiger partial charge on any atom is 0.231 e. The van der Waals surface area contributed by atoms with Crippen LogP contribution < -0.4 is 5.32 Å². The molecule has 142 valence electrons. The van der Waals surface area contributed by atoms with E-state index in [2.05, 4.69) is 20.3 Å². The van der Waals surface area contributed by atoms with Crippen LogP contribution >= 0.6 is 22.9 Å². The molecule has 1 aliphatic rings. The Balaban J connectivity index is 1.66. The fraction of sp³-hybridized carbons (Fsp3) is 0.211. The second-order valence-electron chi connectivity index (χ2n) is 6.82. The van der Waals surface area contributed by atoms with E-state index in [1.54, 1.807) is 38.0 Å². The van der Waals surface area contributed by atoms with E-state index in [0.29, 0.717) is 5.02 Å². The van der Waals surface area contributed by atoms with Crippen molar-refractivity contribution in [1.82, 2.24) is 25.2 Å². The number of hydrogen-bond donors (Lipinski definition) is 2. The van der Waals surface area contributed by atoms with E-state index >= 15 is 0 Å². The fourth-order valence-electron chi connectivity index (χ4n) is 3.03. The highest BCUT2D eigenvalue weighted by Gasteiger charge is 2.40. The molecule has 1 atom stereocenters. The van der Waals surface area contributed by atoms with Crippen molar-refractivity contribution in [2.45, 2.75) is 18.9 Å². The van der Waals surface area contributed by atoms with Crippen molar-refractivity contribution in [2.24, 2.45) is 0 Å². The van der Waals surface area contributed by atoms with Crippen LogP contribution in [0.1, 0.15) is 18.4 Å². The number of amides is 1. The van der Waals surface area contributed by atoms with Gasteiger partial charge >= 0.3 is 0 Å². The summed E-state index contributed by atoms with van der Waals surface area (Å²) in [6, 6.07) is 3.85. The third kappa shape index (κ3) is 3.36. The molecule has 4 rings (SSSR count). The molecule has 1 saturated heterocycles. The minimum atomic E-state index is -0.703. The summed E-state index contributed by atoms with van der Waals surface area (Å²) in [5.74, 6) is -0.0345. The Labute approximate surface area is 170 Å². The van der Waals surface area contributed by atoms with Crippen LogP contribution in [-0.2, 0) is 10.3 Å². The molecule has 7 nitrogen and oxygen atoms in total. The predicted molar refractivity (Wildman–Crippen MR) is 109 cm³/mol. The standard InChI is InChI=1S/C19H17ClN6OS/c1-19(5-16(27)26(2)18(21)25-19)17-24-10-15(28-17)13-3-11(6-22-8-13)12-4-14(20)9-23-7-12/h3-4,6-10H,5H2,1-2H3,(H2,21,25)/t19-/m0/s1. The average Bonchev–Trinajstić information content (AvgIpc) is 3.17. The summed E-state index contributed by atoms with van der Waals surface area (Å²) >= 11 is 7.52. The molecule has 0 aliphatic carbocycles. The number of pyridine rings is 2. The Morgan fingerprint density at radius 2 is 1.82 bits per heavy atom. The highest BCUT2D eigenvalue weighted by Crippen LogP contribution is 2.36. The van der Waals surface area contributed by atoms with Crippen molar-refractivity contribution < 1.29 is 4.79 Å². The summed E-state index contributed by atoms with van der Waals surface area (Å²) in [5, 5.41) is 12.4. The molecule has 2 N–H and O–H groups in total. The molecule has 3 aromatic heterocycles. The number of thiazole rings is 1. The molecule has 28 heavy (non-hydrogen) atoms. The highest BCUT2D eigenvalue weighted by molar-refractivity contribution is 7.15. The second kappa shape index (κ2) is 6.96. The molecule has 0 radical (unpaired) electrons. The van der Waals surface area contributed by atoms with Gasteiger partial charge in [0.1, 0.15) is 5.01 Å². The Hall–Kier alpha value is -2.84. The van der Waals surface area contributed by atoms with Crippen LogP contribution in [-0.4, -0.2) is 38.8 Å². The second-order valence-corrected chi connectivity index (χ2v) is 8.29. The fourth-order valence-corrected chi connectivity index (χ4v) is 4.20. The molecule has 0 bridgehead atoms. The number of hydrogen-bond acceptors (Lipinski definition) is 6. The summed E-state index contributed by atoms with van der Waals surface area (Å²) in [4.78, 5) is 27.4. The smallest absolute Gasteiger partial charge is 0.231 e. The lowest BCUT2D eigenvalue weighted by molar-refractivity contribution is -0.129. The van der Waals surface area contributed by atoms with Gasteiger partial charge in [-0.1, -0.05) is 11.6 Å². The number of nitrogens with zero attached hydrogens (tertiary/aromatic N) is 4. The maximum atomic E-state index is 12.2. The van der Waals surface area contributed by atoms with Crippen molar-refractivity contribution in [3.8, 4) is 21.6 Å². The van der Waals surface area contributed by atoms with Crippen LogP contribution in [0.3, 0.4) is 0 Å². The Morgan fingerprint density at radius 3 is 2.54 bits per heavy atom. The topological polar surface area (TPSA) is 94.9 Å². The first-order valence-electron chi connectivity index (χ1n) is 8.52. The molecule has 4 heterocycles. The van der Waals surface area contributed by atoms with E-state index in [0.717, 1.165) is 26.6 Å². The van der Waals surface area contributed by atoms with Gasteiger partial charge in [0.25, 0.3) is 0 Å². The molecule has 1 fully saturated rings. The van der Waals surface area contributed by atoms with Crippen LogP contribution in [0.2, 0.25) is 5.02 Å². The number of carbonyl (C=O) groups is 1. The lowest BCUT2D eigenvalue weighted by atomic mass is 9.96. The average molecular weight is 413 g/mol. The van der Waals surface area contributed by atoms with E-state index in [1.165, 1.54) is 16.2 Å². The monoisotopic (exact) mass is 412 g/mol. The lowest BCUT2D eigenvalue weighted by Gasteiger charge is -2.37. The first-order valence-corrected chi connectivity index (χ1v) is 9.71. The number of nitrogens with one attached hydrogen (secondary N) is 2. The van der Waals surface area contributed by atoms with Gasteiger partial charge in [0, 0.05) is 54.7 Å². The zero-order valence-corrected chi connectivity index (χ0v) is 16.8. The van der Waals surface area contributed by atoms with Crippen LogP contribution in [0.15, 0.2) is 43.1 Å². The summed E-state index contributed by atoms with van der Waals surface area (Å²) in [6.45, 7) is 1.89. The van der Waals surface area contributed by atoms with E-state index in [4.69, 9.17) is 17.0 Å². The molecular formula is C19H17ClN6OS. The van der Waals surface area contributed by atoms with Crippen molar-refractivity contribution in [2.75, 3.05) is 7.05 Å². The van der Waals surface area contributed by atoms with Crippen LogP contribution in [0.5, 0.6) is 0 Å². The first kappa shape index (κ1) is 18.5. The Bertz CT molecular complexity index is 1060. The highest BCUT2D eigenvalue weighted by atomic mass is 35.5. The zero-order chi connectivity index (χ0) is 19.9. The molecular weight excluding hydrogens is 396 g/mol. The third-order valence-electron chi connectivity index (χ3n) is 4.65. The third-order valence-corrected chi connectivity index (χ3v) is 6.16. The van der Waals surface area contributed by atoms with Crippen molar-refractivity contribution in [3.05, 3.63) is 53.1 Å². The van der Waals surface area contributed by atoms with Gasteiger partial charge in [-0.3, -0.25) is 25.1 Å². The number of carbonyl (C=O) groups excluding carboxylic acids is 1. The quantitative estimate of drug-likeness (QED) is 0.686. The van der Waals surface area contributed by atoms with Gasteiger partial charge in [0.05, 0.1) is 21.9 Å². The molecule has 9 heteroatoms. The van der Waals surface area contributed by atoms with Gasteiger partial charge in [-0.05, 0) is 19.1 Å². The summed E-state index contributed by atoms with van der Waals surface area (Å²) in [5.41, 5.74) is 2.00. The van der Waals surface area contributed by atoms with Gasteiger partial charge < -0.3 is 5.32 Å². The molecule has 1 aliphatic heterocycles. The van der Waals surface area contributed by atoms with Crippen molar-refractivity contribution >= 4 is 34.8 Å². The van der Waals surface area contributed by atoms with E-state index in [1.807, 2.05) is 19.1 Å². The van der Waals surface area contributed by atoms with Crippen LogP contribution in [0, 0.1) is 5.41 Å². The van der Waals surface area contributed by atoms with Crippen LogP contribution in [0.4, 0.5) is 0 Å². The molecule has 1 amide bonds. The minimum absolute atomic E-state index is 0.0765. The molecule has 0 spiro atoms. The van der Waals surface area contributed by atoms with E-state index in [9.17, 15) is 4.79 Å². The Morgan fingerprint density at radius 1 is 1.14 bits per heavy atom. The van der Waals surface area contributed by atoms with Gasteiger partial charge in [-0.15, -0.1) is 11.3 Å². The van der Waals surface area contributed by atoms with Gasteiger partial charge in [0.2, 0.25) is 5.91 Å². The molecule has 3 aromatic rings. The normalized spacial score (nSPS) is 19.6. The maximum absolute atomic E-state index is 12.2. The van der Waals surface area contributed by atoms with Gasteiger partial charge in [-0.25, -0.2) is 4.98 Å². The zero-order valence-electron chi connectivity index (χ0n) is 15.2. The molecule has 0 unspecified atom stereocenters. The Kier molecular flexibility index (Phi) is 4.60. The SMILES string of the molecule is CN1C(=N)N[C@](C)(c2ncc(-c3cncc(-c4cncc(Cl)c4)c3)s2)CC1=O. The number of halogens is 1. The van der Waals surface area contributed by atoms with Crippen molar-refractivity contribution in [1.29, 1.82) is 5.41 Å². The van der Waals surface area contributed by atoms with E-state index in [-0.39, 0.29) is 18.3 Å².